The smallest absolute Gasteiger partial charge is 0.119 e. The molecular formula is C13H19NO. The Morgan fingerprint density at radius 1 is 1.13 bits per heavy atom. The molecule has 1 aromatic carbocycles. The van der Waals surface area contributed by atoms with E-state index in [-0.39, 0.29) is 0 Å². The largest absolute Gasteiger partial charge is 0.489 e. The number of hydrogen-bond donors (Lipinski definition) is 0. The lowest BCUT2D eigenvalue weighted by Crippen LogP contribution is -2.38. The van der Waals surface area contributed by atoms with Crippen LogP contribution in [0.2, 0.25) is 0 Å². The number of para-hydroxylation sites is 1. The van der Waals surface area contributed by atoms with Crippen LogP contribution in [0.15, 0.2) is 30.3 Å². The summed E-state index contributed by atoms with van der Waals surface area (Å²) in [6.45, 7) is 0. The highest BCUT2D eigenvalue weighted by atomic mass is 16.5. The van der Waals surface area contributed by atoms with Crippen molar-refractivity contribution in [1.82, 2.24) is 4.90 Å². The monoisotopic (exact) mass is 205 g/mol. The number of nitrogens with zero attached hydrogens (tertiary/aromatic N) is 1. The highest BCUT2D eigenvalue weighted by Gasteiger charge is 2.30. The first-order valence-corrected chi connectivity index (χ1v) is 5.65. The minimum absolute atomic E-state index is 0.363. The van der Waals surface area contributed by atoms with Crippen LogP contribution in [-0.2, 0) is 0 Å². The Morgan fingerprint density at radius 3 is 2.53 bits per heavy atom. The Hall–Kier alpha value is -1.02. The summed E-state index contributed by atoms with van der Waals surface area (Å²) in [5.74, 6) is 0.997. The van der Waals surface area contributed by atoms with E-state index in [1.54, 1.807) is 0 Å². The molecule has 0 N–H and O–H groups in total. The first-order chi connectivity index (χ1) is 7.27. The fraction of sp³-hybridized carbons (Fsp3) is 0.538. The zero-order chi connectivity index (χ0) is 10.7. The van der Waals surface area contributed by atoms with Crippen molar-refractivity contribution in [3.63, 3.8) is 0 Å². The van der Waals surface area contributed by atoms with Crippen molar-refractivity contribution in [2.24, 2.45) is 0 Å². The minimum atomic E-state index is 0.363. The molecule has 82 valence electrons. The average molecular weight is 205 g/mol. The van der Waals surface area contributed by atoms with Gasteiger partial charge in [0.05, 0.1) is 0 Å². The Labute approximate surface area is 91.9 Å². The molecule has 0 spiro atoms. The summed E-state index contributed by atoms with van der Waals surface area (Å²) in [5.41, 5.74) is 0. The molecule has 2 nitrogen and oxygen atoms in total. The van der Waals surface area contributed by atoms with Crippen LogP contribution in [0.4, 0.5) is 0 Å². The normalized spacial score (nSPS) is 25.8. The van der Waals surface area contributed by atoms with Crippen LogP contribution in [-0.4, -0.2) is 31.1 Å². The van der Waals surface area contributed by atoms with Crippen LogP contribution in [0.3, 0.4) is 0 Å². The van der Waals surface area contributed by atoms with Gasteiger partial charge >= 0.3 is 0 Å². The van der Waals surface area contributed by atoms with E-state index in [1.165, 1.54) is 19.3 Å². The lowest BCUT2D eigenvalue weighted by molar-refractivity contribution is 0.121. The minimum Gasteiger partial charge on any atom is -0.489 e. The van der Waals surface area contributed by atoms with Gasteiger partial charge in [-0.3, -0.25) is 0 Å². The van der Waals surface area contributed by atoms with E-state index in [0.717, 1.165) is 5.75 Å². The molecule has 2 heteroatoms. The molecule has 0 saturated heterocycles. The van der Waals surface area contributed by atoms with E-state index >= 15 is 0 Å². The number of rotatable bonds is 3. The van der Waals surface area contributed by atoms with Gasteiger partial charge < -0.3 is 9.64 Å². The summed E-state index contributed by atoms with van der Waals surface area (Å²) in [6.07, 6.45) is 4.07. The van der Waals surface area contributed by atoms with Gasteiger partial charge in [0, 0.05) is 6.04 Å². The SMILES string of the molecule is CN(C)C1CCCC1Oc1ccccc1. The first kappa shape index (κ1) is 10.5. The molecule has 15 heavy (non-hydrogen) atoms. The van der Waals surface area contributed by atoms with Gasteiger partial charge in [-0.2, -0.15) is 0 Å². The van der Waals surface area contributed by atoms with E-state index in [2.05, 4.69) is 19.0 Å². The van der Waals surface area contributed by atoms with Crippen molar-refractivity contribution in [1.29, 1.82) is 0 Å². The van der Waals surface area contributed by atoms with Crippen LogP contribution in [0.1, 0.15) is 19.3 Å². The quantitative estimate of drug-likeness (QED) is 0.752. The molecule has 2 unspecified atom stereocenters. The fourth-order valence-electron chi connectivity index (χ4n) is 2.31. The molecule has 1 aliphatic rings. The second-order valence-corrected chi connectivity index (χ2v) is 4.43. The van der Waals surface area contributed by atoms with Gasteiger partial charge in [-0.25, -0.2) is 0 Å². The maximum Gasteiger partial charge on any atom is 0.119 e. The Morgan fingerprint density at radius 2 is 1.87 bits per heavy atom. The molecule has 0 aromatic heterocycles. The van der Waals surface area contributed by atoms with E-state index in [4.69, 9.17) is 4.74 Å². The lowest BCUT2D eigenvalue weighted by atomic mass is 10.2. The lowest BCUT2D eigenvalue weighted by Gasteiger charge is -2.26. The second kappa shape index (κ2) is 4.67. The number of ether oxygens (including phenoxy) is 1. The molecule has 1 aromatic rings. The summed E-state index contributed by atoms with van der Waals surface area (Å²) < 4.78 is 6.01. The molecule has 0 radical (unpaired) electrons. The zero-order valence-electron chi connectivity index (χ0n) is 9.52. The topological polar surface area (TPSA) is 12.5 Å². The van der Waals surface area contributed by atoms with Crippen LogP contribution in [0.25, 0.3) is 0 Å². The number of hydrogen-bond acceptors (Lipinski definition) is 2. The van der Waals surface area contributed by atoms with Gasteiger partial charge in [0.15, 0.2) is 0 Å². The van der Waals surface area contributed by atoms with Gasteiger partial charge in [-0.05, 0) is 45.5 Å². The Kier molecular flexibility index (Phi) is 3.27. The van der Waals surface area contributed by atoms with Gasteiger partial charge in [0.25, 0.3) is 0 Å². The van der Waals surface area contributed by atoms with Gasteiger partial charge in [0.2, 0.25) is 0 Å². The molecule has 1 fully saturated rings. The van der Waals surface area contributed by atoms with Crippen LogP contribution < -0.4 is 4.74 Å². The van der Waals surface area contributed by atoms with Crippen molar-refractivity contribution in [2.75, 3.05) is 14.1 Å². The maximum atomic E-state index is 6.01. The summed E-state index contributed by atoms with van der Waals surface area (Å²) >= 11 is 0. The average Bonchev–Trinajstić information content (AvgIpc) is 2.67. The maximum absolute atomic E-state index is 6.01. The predicted molar refractivity (Wildman–Crippen MR) is 62.2 cm³/mol. The zero-order valence-corrected chi connectivity index (χ0v) is 9.52. The third-order valence-corrected chi connectivity index (χ3v) is 3.11. The molecule has 1 saturated carbocycles. The van der Waals surface area contributed by atoms with E-state index in [1.807, 2.05) is 30.3 Å². The highest BCUT2D eigenvalue weighted by Crippen LogP contribution is 2.26. The predicted octanol–water partition coefficient (Wildman–Crippen LogP) is 2.55. The molecular weight excluding hydrogens is 186 g/mol. The Balaban J connectivity index is 2.00. The van der Waals surface area contributed by atoms with Gasteiger partial charge in [-0.1, -0.05) is 18.2 Å². The third kappa shape index (κ3) is 2.51. The van der Waals surface area contributed by atoms with Crippen molar-refractivity contribution < 1.29 is 4.74 Å². The van der Waals surface area contributed by atoms with Crippen molar-refractivity contribution in [2.45, 2.75) is 31.4 Å². The summed E-state index contributed by atoms with van der Waals surface area (Å²) in [6, 6.07) is 10.7. The van der Waals surface area contributed by atoms with Gasteiger partial charge in [0.1, 0.15) is 11.9 Å². The third-order valence-electron chi connectivity index (χ3n) is 3.11. The van der Waals surface area contributed by atoms with Crippen LogP contribution in [0, 0.1) is 0 Å². The molecule has 2 rings (SSSR count). The molecule has 0 aliphatic heterocycles. The van der Waals surface area contributed by atoms with Gasteiger partial charge in [-0.15, -0.1) is 0 Å². The van der Waals surface area contributed by atoms with Crippen molar-refractivity contribution in [3.05, 3.63) is 30.3 Å². The number of likely N-dealkylation sites (N-methyl/N-ethyl adjacent to an activating group) is 1. The summed E-state index contributed by atoms with van der Waals surface area (Å²) in [4.78, 5) is 2.28. The van der Waals surface area contributed by atoms with Crippen LogP contribution >= 0.6 is 0 Å². The molecule has 0 bridgehead atoms. The van der Waals surface area contributed by atoms with E-state index < -0.39 is 0 Å². The van der Waals surface area contributed by atoms with Crippen LogP contribution in [0.5, 0.6) is 5.75 Å². The number of benzene rings is 1. The highest BCUT2D eigenvalue weighted by molar-refractivity contribution is 5.21. The standard InChI is InChI=1S/C13H19NO/c1-14(2)12-9-6-10-13(12)15-11-7-4-3-5-8-11/h3-5,7-8,12-13H,6,9-10H2,1-2H3. The molecule has 1 aliphatic carbocycles. The fourth-order valence-corrected chi connectivity index (χ4v) is 2.31. The summed E-state index contributed by atoms with van der Waals surface area (Å²) in [5, 5.41) is 0. The second-order valence-electron chi connectivity index (χ2n) is 4.43. The molecule has 0 heterocycles. The van der Waals surface area contributed by atoms with Crippen molar-refractivity contribution >= 4 is 0 Å². The first-order valence-electron chi connectivity index (χ1n) is 5.65. The van der Waals surface area contributed by atoms with E-state index in [0.29, 0.717) is 12.1 Å². The Bertz CT molecular complexity index is 297. The molecule has 2 atom stereocenters. The summed E-state index contributed by atoms with van der Waals surface area (Å²) in [7, 11) is 4.27. The van der Waals surface area contributed by atoms with Crippen molar-refractivity contribution in [3.8, 4) is 5.75 Å². The molecule has 0 amide bonds. The van der Waals surface area contributed by atoms with E-state index in [9.17, 15) is 0 Å².